The van der Waals surface area contributed by atoms with E-state index in [1.165, 1.54) is 6.20 Å². The van der Waals surface area contributed by atoms with Crippen molar-refractivity contribution >= 4 is 5.91 Å². The van der Waals surface area contributed by atoms with E-state index in [2.05, 4.69) is 5.32 Å². The fourth-order valence-electron chi connectivity index (χ4n) is 1.84. The molecule has 5 atom stereocenters. The van der Waals surface area contributed by atoms with Crippen molar-refractivity contribution in [3.8, 4) is 0 Å². The molecule has 8 heteroatoms. The van der Waals surface area contributed by atoms with Crippen molar-refractivity contribution in [3.63, 3.8) is 0 Å². The van der Waals surface area contributed by atoms with E-state index in [4.69, 9.17) is 9.84 Å². The lowest BCUT2D eigenvalue weighted by Gasteiger charge is -2.35. The van der Waals surface area contributed by atoms with Crippen LogP contribution in [0.15, 0.2) is 12.3 Å². The summed E-state index contributed by atoms with van der Waals surface area (Å²) in [5, 5.41) is 39.9. The highest BCUT2D eigenvalue weighted by Gasteiger charge is 2.46. The maximum Gasteiger partial charge on any atom is 0.248 e. The molecule has 5 unspecified atom stereocenters. The van der Waals surface area contributed by atoms with Gasteiger partial charge in [0.15, 0.2) is 6.23 Å². The first-order chi connectivity index (χ1) is 8.04. The Kier molecular flexibility index (Phi) is 3.31. The third-order valence-electron chi connectivity index (χ3n) is 2.76. The van der Waals surface area contributed by atoms with Crippen LogP contribution in [-0.2, 0) is 9.53 Å². The van der Waals surface area contributed by atoms with Gasteiger partial charge in [-0.2, -0.15) is 0 Å². The number of carbonyl (C=O) groups excluding carboxylic acids is 1. The number of nitrogens with zero attached hydrogens (tertiary/aromatic N) is 1. The van der Waals surface area contributed by atoms with Crippen molar-refractivity contribution < 1.29 is 30.0 Å². The van der Waals surface area contributed by atoms with Crippen molar-refractivity contribution in [2.75, 3.05) is 6.61 Å². The first-order valence-electron chi connectivity index (χ1n) is 5.11. The van der Waals surface area contributed by atoms with Crippen LogP contribution in [0.4, 0.5) is 0 Å². The highest BCUT2D eigenvalue weighted by molar-refractivity contribution is 5.88. The summed E-state index contributed by atoms with van der Waals surface area (Å²) in [6, 6.07) is 0. The van der Waals surface area contributed by atoms with E-state index in [0.717, 1.165) is 11.0 Å². The number of rotatable bonds is 2. The third kappa shape index (κ3) is 2.13. The molecule has 0 aliphatic carbocycles. The van der Waals surface area contributed by atoms with Crippen LogP contribution in [0.3, 0.4) is 0 Å². The summed E-state index contributed by atoms with van der Waals surface area (Å²) in [6.07, 6.45) is -3.44. The minimum atomic E-state index is -1.35. The Hall–Kier alpha value is -1.19. The number of hydrogen-bond donors (Lipinski definition) is 5. The Morgan fingerprint density at radius 3 is 2.59 bits per heavy atom. The van der Waals surface area contributed by atoms with Gasteiger partial charge in [-0.05, 0) is 0 Å². The molecule has 0 spiro atoms. The summed E-state index contributed by atoms with van der Waals surface area (Å²) in [7, 11) is 0. The Balaban J connectivity index is 2.13. The lowest BCUT2D eigenvalue weighted by atomic mass is 10.1. The van der Waals surface area contributed by atoms with Gasteiger partial charge in [0.05, 0.1) is 6.61 Å². The van der Waals surface area contributed by atoms with Crippen LogP contribution < -0.4 is 5.32 Å². The van der Waals surface area contributed by atoms with Gasteiger partial charge < -0.3 is 35.4 Å². The van der Waals surface area contributed by atoms with E-state index in [0.29, 0.717) is 0 Å². The number of ether oxygens (including phenoxy) is 1. The van der Waals surface area contributed by atoms with Gasteiger partial charge in [-0.3, -0.25) is 4.79 Å². The maximum absolute atomic E-state index is 10.9. The average Bonchev–Trinajstić information content (AvgIpc) is 2.57. The van der Waals surface area contributed by atoms with Crippen molar-refractivity contribution in [1.82, 2.24) is 10.2 Å². The molecule has 2 aliphatic heterocycles. The first kappa shape index (κ1) is 12.3. The molecule has 5 N–H and O–H groups in total. The molecule has 0 aromatic carbocycles. The summed E-state index contributed by atoms with van der Waals surface area (Å²) in [5.74, 6) is -0.472. The minimum Gasteiger partial charge on any atom is -0.394 e. The monoisotopic (exact) mass is 246 g/mol. The maximum atomic E-state index is 10.9. The summed E-state index contributed by atoms with van der Waals surface area (Å²) >= 11 is 0. The molecule has 0 aromatic rings. The molecule has 0 bridgehead atoms. The van der Waals surface area contributed by atoms with Crippen LogP contribution in [0.25, 0.3) is 0 Å². The summed E-state index contributed by atoms with van der Waals surface area (Å²) in [4.78, 5) is 12.1. The molecule has 1 amide bonds. The lowest BCUT2D eigenvalue weighted by molar-refractivity contribution is -0.153. The summed E-state index contributed by atoms with van der Waals surface area (Å²) < 4.78 is 5.19. The highest BCUT2D eigenvalue weighted by Crippen LogP contribution is 2.25. The van der Waals surface area contributed by atoms with Crippen LogP contribution in [0.2, 0.25) is 0 Å². The van der Waals surface area contributed by atoms with Gasteiger partial charge >= 0.3 is 0 Å². The molecule has 0 radical (unpaired) electrons. The molecule has 1 saturated heterocycles. The van der Waals surface area contributed by atoms with E-state index in [1.54, 1.807) is 0 Å². The summed E-state index contributed by atoms with van der Waals surface area (Å²) in [6.45, 7) is -0.450. The van der Waals surface area contributed by atoms with Gasteiger partial charge in [-0.15, -0.1) is 0 Å². The number of aliphatic hydroxyl groups excluding tert-OH is 4. The quantitative estimate of drug-likeness (QED) is 0.345. The van der Waals surface area contributed by atoms with Crippen LogP contribution >= 0.6 is 0 Å². The van der Waals surface area contributed by atoms with Crippen LogP contribution in [0.1, 0.15) is 0 Å². The zero-order chi connectivity index (χ0) is 12.6. The van der Waals surface area contributed by atoms with E-state index >= 15 is 0 Å². The molecule has 17 heavy (non-hydrogen) atoms. The topological polar surface area (TPSA) is 122 Å². The molecule has 8 nitrogen and oxygen atoms in total. The zero-order valence-electron chi connectivity index (χ0n) is 8.80. The highest BCUT2D eigenvalue weighted by atomic mass is 16.6. The first-order valence-corrected chi connectivity index (χ1v) is 5.11. The van der Waals surface area contributed by atoms with Crippen molar-refractivity contribution in [2.45, 2.75) is 30.9 Å². The normalized spacial score (nSPS) is 41.8. The second-order valence-corrected chi connectivity index (χ2v) is 3.87. The largest absolute Gasteiger partial charge is 0.394 e. The number of aliphatic hydroxyl groups is 4. The van der Waals surface area contributed by atoms with E-state index in [-0.39, 0.29) is 0 Å². The Morgan fingerprint density at radius 2 is 2.06 bits per heavy atom. The Labute approximate surface area is 96.7 Å². The molecular formula is C9H14N2O6. The second-order valence-electron chi connectivity index (χ2n) is 3.87. The van der Waals surface area contributed by atoms with Crippen LogP contribution in [0.5, 0.6) is 0 Å². The number of amides is 1. The van der Waals surface area contributed by atoms with Gasteiger partial charge in [-0.1, -0.05) is 0 Å². The third-order valence-corrected chi connectivity index (χ3v) is 2.76. The zero-order valence-corrected chi connectivity index (χ0v) is 8.80. The van der Waals surface area contributed by atoms with Crippen LogP contribution in [0, 0.1) is 0 Å². The molecule has 2 rings (SSSR count). The number of hydrogen-bond acceptors (Lipinski definition) is 7. The molecule has 96 valence electrons. The number of carbonyl (C=O) groups is 1. The average molecular weight is 246 g/mol. The lowest BCUT2D eigenvalue weighted by Crippen LogP contribution is -2.55. The van der Waals surface area contributed by atoms with Crippen molar-refractivity contribution in [3.05, 3.63) is 12.3 Å². The number of nitrogens with one attached hydrogen (secondary N) is 1. The van der Waals surface area contributed by atoms with Gasteiger partial charge in [0, 0.05) is 12.3 Å². The van der Waals surface area contributed by atoms with Crippen LogP contribution in [-0.4, -0.2) is 68.7 Å². The predicted molar refractivity (Wildman–Crippen MR) is 52.9 cm³/mol. The smallest absolute Gasteiger partial charge is 0.248 e. The van der Waals surface area contributed by atoms with Gasteiger partial charge in [-0.25, -0.2) is 0 Å². The Morgan fingerprint density at radius 1 is 1.35 bits per heavy atom. The second kappa shape index (κ2) is 4.59. The fraction of sp³-hybridized carbons (Fsp3) is 0.667. The van der Waals surface area contributed by atoms with E-state index < -0.39 is 43.4 Å². The molecule has 2 aliphatic rings. The van der Waals surface area contributed by atoms with Gasteiger partial charge in [0.2, 0.25) is 12.3 Å². The molecule has 2 heterocycles. The van der Waals surface area contributed by atoms with Gasteiger partial charge in [0.25, 0.3) is 0 Å². The summed E-state index contributed by atoms with van der Waals surface area (Å²) in [5.41, 5.74) is 0. The predicted octanol–water partition coefficient (Wildman–Crippen LogP) is -3.35. The molecular weight excluding hydrogens is 232 g/mol. The molecule has 0 saturated carbocycles. The van der Waals surface area contributed by atoms with E-state index in [9.17, 15) is 20.1 Å². The molecule has 0 aromatic heterocycles. The minimum absolute atomic E-state index is 0.450. The molecule has 1 fully saturated rings. The Bertz CT molecular complexity index is 335. The van der Waals surface area contributed by atoms with Crippen molar-refractivity contribution in [1.29, 1.82) is 0 Å². The van der Waals surface area contributed by atoms with Gasteiger partial charge in [0.1, 0.15) is 18.3 Å². The standard InChI is InChI=1S/C9H14N2O6/c12-3-4-6(14)7(15)8(17-4)11-2-1-5(13)10-9(11)16/h1-2,4,6-9,12,14-16H,3H2,(H,10,13). The van der Waals surface area contributed by atoms with Crippen molar-refractivity contribution in [2.24, 2.45) is 0 Å². The SMILES string of the molecule is O=C1C=CN(C2OC(CO)C(O)C2O)C(O)N1. The van der Waals surface area contributed by atoms with E-state index in [1.807, 2.05) is 0 Å². The fourth-order valence-corrected chi connectivity index (χ4v) is 1.84.